The van der Waals surface area contributed by atoms with E-state index in [1.165, 1.54) is 24.3 Å². The number of rotatable bonds is 0. The summed E-state index contributed by atoms with van der Waals surface area (Å²) in [5, 5.41) is 17.8. The molecule has 4 rings (SSSR count). The van der Waals surface area contributed by atoms with Gasteiger partial charge in [-0.25, -0.2) is 24.3 Å². The second-order valence-corrected chi connectivity index (χ2v) is 10.6. The first-order valence-corrected chi connectivity index (χ1v) is 11.3. The number of aromatic hydroxyl groups is 2. The Labute approximate surface area is 243 Å². The van der Waals surface area contributed by atoms with Gasteiger partial charge in [0.1, 0.15) is 11.5 Å². The molecule has 4 aromatic rings. The maximum atomic E-state index is 8.89. The largest absolute Gasteiger partial charge is 2.00 e. The molecule has 33 heavy (non-hydrogen) atoms. The Morgan fingerprint density at radius 3 is 0.879 bits per heavy atom. The first-order chi connectivity index (χ1) is 15.0. The molecule has 4 aromatic carbocycles. The minimum Gasteiger partial charge on any atom is -0.508 e. The molecule has 2 N–H and O–H groups in total. The minimum absolute atomic E-state index is 0. The van der Waals surface area contributed by atoms with E-state index in [9.17, 15) is 0 Å². The molecule has 0 bridgehead atoms. The maximum Gasteiger partial charge on any atom is 2.00 e. The first-order valence-electron chi connectivity index (χ1n) is 9.06. The summed E-state index contributed by atoms with van der Waals surface area (Å²) in [6, 6.07) is 32.1. The SMILES string of the molecule is Oc1ccc(C(Cl)(Cl)Cl)cc1.Oc1ccc(C(Cl)(Cl)Cl)cc1.[Zr+2].c1cc[cH-]c1.c1cc[cH-]c1. The van der Waals surface area contributed by atoms with Crippen molar-refractivity contribution in [3.63, 3.8) is 0 Å². The number of phenolic OH excluding ortho intramolecular Hbond substituents is 2. The van der Waals surface area contributed by atoms with Crippen molar-refractivity contribution in [3.05, 3.63) is 120 Å². The molecule has 0 aliphatic heterocycles. The van der Waals surface area contributed by atoms with Crippen molar-refractivity contribution < 1.29 is 36.4 Å². The summed E-state index contributed by atoms with van der Waals surface area (Å²) >= 11 is 33.4. The quantitative estimate of drug-likeness (QED) is 0.148. The predicted molar refractivity (Wildman–Crippen MR) is 139 cm³/mol. The zero-order chi connectivity index (χ0) is 24.0. The van der Waals surface area contributed by atoms with Gasteiger partial charge in [0.2, 0.25) is 7.59 Å². The van der Waals surface area contributed by atoms with Gasteiger partial charge >= 0.3 is 26.2 Å². The number of phenols is 2. The number of hydrogen-bond donors (Lipinski definition) is 2. The summed E-state index contributed by atoms with van der Waals surface area (Å²) in [6.07, 6.45) is 0. The molecule has 0 radical (unpaired) electrons. The average Bonchev–Trinajstić information content (AvgIpc) is 3.47. The maximum absolute atomic E-state index is 8.89. The molecule has 0 aliphatic rings. The fourth-order valence-electron chi connectivity index (χ4n) is 1.94. The fraction of sp³-hybridized carbons (Fsp3) is 0.0833. The van der Waals surface area contributed by atoms with Gasteiger partial charge in [-0.15, -0.1) is 0 Å². The van der Waals surface area contributed by atoms with Crippen LogP contribution >= 0.6 is 69.6 Å². The van der Waals surface area contributed by atoms with Crippen LogP contribution in [0.25, 0.3) is 0 Å². The molecule has 0 saturated carbocycles. The molecular weight excluding hydrogens is 624 g/mol. The number of halogens is 6. The van der Waals surface area contributed by atoms with E-state index in [2.05, 4.69) is 0 Å². The van der Waals surface area contributed by atoms with Crippen LogP contribution in [0.15, 0.2) is 109 Å². The zero-order valence-corrected chi connectivity index (χ0v) is 24.0. The third-order valence-electron chi connectivity index (χ3n) is 3.50. The minimum atomic E-state index is -1.41. The molecule has 0 spiro atoms. The van der Waals surface area contributed by atoms with Crippen molar-refractivity contribution in [3.8, 4) is 11.5 Å². The van der Waals surface area contributed by atoms with Gasteiger partial charge in [-0.1, -0.05) is 93.9 Å². The van der Waals surface area contributed by atoms with Gasteiger partial charge in [0, 0.05) is 11.1 Å². The Morgan fingerprint density at radius 2 is 0.727 bits per heavy atom. The number of benzene rings is 2. The number of alkyl halides is 6. The van der Waals surface area contributed by atoms with Crippen molar-refractivity contribution in [2.45, 2.75) is 7.59 Å². The molecule has 2 nitrogen and oxygen atoms in total. The van der Waals surface area contributed by atoms with E-state index in [4.69, 9.17) is 79.8 Å². The Kier molecular flexibility index (Phi) is 16.6. The summed E-state index contributed by atoms with van der Waals surface area (Å²) in [4.78, 5) is 0. The summed E-state index contributed by atoms with van der Waals surface area (Å²) < 4.78 is -2.82. The fourth-order valence-corrected chi connectivity index (χ4v) is 2.70. The summed E-state index contributed by atoms with van der Waals surface area (Å²) in [7, 11) is 0. The molecule has 0 atom stereocenters. The van der Waals surface area contributed by atoms with E-state index >= 15 is 0 Å². The van der Waals surface area contributed by atoms with Gasteiger partial charge in [-0.05, 0) is 24.3 Å². The molecule has 0 aromatic heterocycles. The third kappa shape index (κ3) is 15.8. The van der Waals surface area contributed by atoms with Gasteiger partial charge in [-0.3, -0.25) is 0 Å². The van der Waals surface area contributed by atoms with Crippen LogP contribution in [0, 0.1) is 0 Å². The summed E-state index contributed by atoms with van der Waals surface area (Å²) in [5.41, 5.74) is 1.08. The van der Waals surface area contributed by atoms with Crippen LogP contribution in [0.5, 0.6) is 11.5 Å². The van der Waals surface area contributed by atoms with Gasteiger partial charge < -0.3 is 10.2 Å². The van der Waals surface area contributed by atoms with E-state index in [1.807, 2.05) is 60.7 Å². The van der Waals surface area contributed by atoms with Gasteiger partial charge in [0.05, 0.1) is 0 Å². The van der Waals surface area contributed by atoms with E-state index in [1.54, 1.807) is 24.3 Å². The van der Waals surface area contributed by atoms with E-state index < -0.39 is 7.59 Å². The smallest absolute Gasteiger partial charge is 0.508 e. The van der Waals surface area contributed by atoms with Crippen LogP contribution in [0.4, 0.5) is 0 Å². The van der Waals surface area contributed by atoms with Gasteiger partial charge in [-0.2, -0.15) is 36.4 Å². The molecule has 0 aliphatic carbocycles. The molecule has 174 valence electrons. The van der Waals surface area contributed by atoms with Crippen molar-refractivity contribution in [2.75, 3.05) is 0 Å². The van der Waals surface area contributed by atoms with Crippen molar-refractivity contribution in [1.29, 1.82) is 0 Å². The van der Waals surface area contributed by atoms with Crippen molar-refractivity contribution in [2.24, 2.45) is 0 Å². The summed E-state index contributed by atoms with van der Waals surface area (Å²) in [5.74, 6) is 0.311. The summed E-state index contributed by atoms with van der Waals surface area (Å²) in [6.45, 7) is 0. The van der Waals surface area contributed by atoms with E-state index in [0.29, 0.717) is 11.1 Å². The molecule has 0 amide bonds. The second kappa shape index (κ2) is 16.9. The van der Waals surface area contributed by atoms with Crippen molar-refractivity contribution in [1.82, 2.24) is 0 Å². The third-order valence-corrected chi connectivity index (χ3v) is 4.81. The van der Waals surface area contributed by atoms with E-state index in [-0.39, 0.29) is 37.7 Å². The van der Waals surface area contributed by atoms with Crippen LogP contribution in [-0.4, -0.2) is 10.2 Å². The van der Waals surface area contributed by atoms with Gasteiger partial charge in [0.15, 0.2) is 0 Å². The molecule has 0 fully saturated rings. The Morgan fingerprint density at radius 1 is 0.485 bits per heavy atom. The van der Waals surface area contributed by atoms with Crippen LogP contribution in [-0.2, 0) is 33.8 Å². The standard InChI is InChI=1S/2C7H5Cl3O.2C5H5.Zr/c2*8-7(9,10)5-1-3-6(11)4-2-5;2*1-2-4-5-3-1;/h2*1-4,11H;2*1-5H;/q;;2*-1;+2. The molecular formula is C24H20Cl6O2Zr. The zero-order valence-electron chi connectivity index (χ0n) is 17.1. The van der Waals surface area contributed by atoms with E-state index in [0.717, 1.165) is 0 Å². The average molecular weight is 644 g/mol. The number of hydrogen-bond acceptors (Lipinski definition) is 2. The normalized spacial score (nSPS) is 10.1. The van der Waals surface area contributed by atoms with Crippen LogP contribution < -0.4 is 0 Å². The molecule has 0 saturated heterocycles. The Hall–Kier alpha value is -0.637. The molecule has 9 heteroatoms. The second-order valence-electron chi connectivity index (χ2n) is 6.01. The monoisotopic (exact) mass is 640 g/mol. The Balaban J connectivity index is 0.000000434. The van der Waals surface area contributed by atoms with Crippen LogP contribution in [0.2, 0.25) is 0 Å². The van der Waals surface area contributed by atoms with Gasteiger partial charge in [0.25, 0.3) is 0 Å². The Bertz CT molecular complexity index is 828. The topological polar surface area (TPSA) is 40.5 Å². The van der Waals surface area contributed by atoms with Crippen LogP contribution in [0.1, 0.15) is 11.1 Å². The first kappa shape index (κ1) is 32.4. The van der Waals surface area contributed by atoms with Crippen LogP contribution in [0.3, 0.4) is 0 Å². The molecule has 0 unspecified atom stereocenters. The molecule has 0 heterocycles. The van der Waals surface area contributed by atoms with Crippen molar-refractivity contribution >= 4 is 69.6 Å². The predicted octanol–water partition coefficient (Wildman–Crippen LogP) is 9.25.